The van der Waals surface area contributed by atoms with Gasteiger partial charge in [0.1, 0.15) is 6.04 Å². The quantitative estimate of drug-likeness (QED) is 0.804. The number of β-amino-alcohol motifs (C(OH)–C–C–N with tert-alkyl or cyclic N) is 1. The normalized spacial score (nSPS) is 23.2. The highest BCUT2D eigenvalue weighted by atomic mass is 16.4. The van der Waals surface area contributed by atoms with Gasteiger partial charge in [0, 0.05) is 37.8 Å². The number of nitrogens with zero attached hydrogens (tertiary/aromatic N) is 3. The van der Waals surface area contributed by atoms with Gasteiger partial charge in [0.05, 0.1) is 12.4 Å². The van der Waals surface area contributed by atoms with Crippen molar-refractivity contribution >= 4 is 11.9 Å². The predicted octanol–water partition coefficient (Wildman–Crippen LogP) is 0.661. The van der Waals surface area contributed by atoms with Crippen molar-refractivity contribution < 1.29 is 19.8 Å². The molecule has 2 N–H and O–H groups in total. The molecule has 0 saturated carbocycles. The number of aromatic nitrogens is 2. The van der Waals surface area contributed by atoms with Crippen LogP contribution in [0.3, 0.4) is 0 Å². The maximum absolute atomic E-state index is 12.4. The molecule has 21 heavy (non-hydrogen) atoms. The van der Waals surface area contributed by atoms with Crippen LogP contribution in [-0.4, -0.2) is 55.2 Å². The Labute approximate surface area is 123 Å². The zero-order valence-electron chi connectivity index (χ0n) is 12.1. The summed E-state index contributed by atoms with van der Waals surface area (Å²) in [6.07, 6.45) is 6.44. The van der Waals surface area contributed by atoms with Crippen LogP contribution < -0.4 is 0 Å². The molecule has 7 nitrogen and oxygen atoms in total. The van der Waals surface area contributed by atoms with Gasteiger partial charge in [-0.05, 0) is 6.42 Å². The fourth-order valence-electron chi connectivity index (χ4n) is 2.82. The number of rotatable bonds is 6. The zero-order valence-corrected chi connectivity index (χ0v) is 12.1. The largest absolute Gasteiger partial charge is 0.480 e. The lowest BCUT2D eigenvalue weighted by Crippen LogP contribution is -2.41. The van der Waals surface area contributed by atoms with E-state index in [1.165, 1.54) is 4.90 Å². The number of carboxylic acids is 1. The van der Waals surface area contributed by atoms with Gasteiger partial charge in [-0.25, -0.2) is 9.78 Å². The second-order valence-electron chi connectivity index (χ2n) is 5.45. The van der Waals surface area contributed by atoms with Crippen molar-refractivity contribution in [2.45, 2.75) is 50.8 Å². The molecule has 1 aliphatic rings. The van der Waals surface area contributed by atoms with Crippen LogP contribution >= 0.6 is 0 Å². The summed E-state index contributed by atoms with van der Waals surface area (Å²) in [4.78, 5) is 28.9. The zero-order chi connectivity index (χ0) is 15.4. The predicted molar refractivity (Wildman–Crippen MR) is 74.5 cm³/mol. The Hall–Kier alpha value is -1.89. The molecular formula is C14H21N3O4. The number of likely N-dealkylation sites (tertiary alicyclic amines) is 1. The first-order chi connectivity index (χ1) is 10.0. The monoisotopic (exact) mass is 295 g/mol. The van der Waals surface area contributed by atoms with Crippen LogP contribution in [-0.2, 0) is 9.59 Å². The number of carbonyl (C=O) groups is 2. The SMILES string of the molecule is CCCC(CC(=O)N1C[C@H](O)C[C@@H]1C(=O)O)n1ccnc1. The molecule has 0 bridgehead atoms. The summed E-state index contributed by atoms with van der Waals surface area (Å²) in [6.45, 7) is 2.13. The fraction of sp³-hybridized carbons (Fsp3) is 0.643. The van der Waals surface area contributed by atoms with Crippen LogP contribution in [0.5, 0.6) is 0 Å². The lowest BCUT2D eigenvalue weighted by atomic mass is 10.1. The molecule has 2 heterocycles. The Bertz CT molecular complexity index is 488. The van der Waals surface area contributed by atoms with Crippen LogP contribution in [0.2, 0.25) is 0 Å². The van der Waals surface area contributed by atoms with Crippen molar-refractivity contribution in [3.63, 3.8) is 0 Å². The van der Waals surface area contributed by atoms with Gasteiger partial charge < -0.3 is 19.7 Å². The van der Waals surface area contributed by atoms with Gasteiger partial charge in [-0.2, -0.15) is 0 Å². The molecule has 1 aromatic heterocycles. The van der Waals surface area contributed by atoms with Crippen LogP contribution in [0.25, 0.3) is 0 Å². The lowest BCUT2D eigenvalue weighted by Gasteiger charge is -2.24. The number of carboxylic acid groups (broad SMARTS) is 1. The summed E-state index contributed by atoms with van der Waals surface area (Å²) in [5.41, 5.74) is 0. The molecule has 7 heteroatoms. The smallest absolute Gasteiger partial charge is 0.326 e. The molecule has 0 aromatic carbocycles. The average molecular weight is 295 g/mol. The second kappa shape index (κ2) is 6.71. The van der Waals surface area contributed by atoms with Crippen LogP contribution in [0.4, 0.5) is 0 Å². The van der Waals surface area contributed by atoms with E-state index in [2.05, 4.69) is 4.98 Å². The average Bonchev–Trinajstić information content (AvgIpc) is 3.06. The number of imidazole rings is 1. The molecule has 116 valence electrons. The number of aliphatic hydroxyl groups is 1. The molecule has 0 spiro atoms. The van der Waals surface area contributed by atoms with Crippen molar-refractivity contribution in [3.05, 3.63) is 18.7 Å². The summed E-state index contributed by atoms with van der Waals surface area (Å²) >= 11 is 0. The van der Waals surface area contributed by atoms with Gasteiger partial charge in [-0.3, -0.25) is 4.79 Å². The number of hydrogen-bond acceptors (Lipinski definition) is 4. The minimum absolute atomic E-state index is 0.0304. The summed E-state index contributed by atoms with van der Waals surface area (Å²) in [5.74, 6) is -1.29. The van der Waals surface area contributed by atoms with Gasteiger partial charge in [-0.15, -0.1) is 0 Å². The highest BCUT2D eigenvalue weighted by Crippen LogP contribution is 2.24. The molecule has 1 unspecified atom stereocenters. The van der Waals surface area contributed by atoms with Crippen LogP contribution in [0.15, 0.2) is 18.7 Å². The third kappa shape index (κ3) is 3.60. The van der Waals surface area contributed by atoms with E-state index in [9.17, 15) is 14.7 Å². The van der Waals surface area contributed by atoms with Crippen molar-refractivity contribution in [1.29, 1.82) is 0 Å². The summed E-state index contributed by atoms with van der Waals surface area (Å²) < 4.78 is 1.88. The van der Waals surface area contributed by atoms with Crippen LogP contribution in [0.1, 0.15) is 38.6 Å². The third-order valence-electron chi connectivity index (χ3n) is 3.86. The molecule has 1 fully saturated rings. The van der Waals surface area contributed by atoms with E-state index in [0.29, 0.717) is 0 Å². The summed E-state index contributed by atoms with van der Waals surface area (Å²) in [7, 11) is 0. The number of aliphatic carboxylic acids is 1. The standard InChI is InChI=1S/C14H21N3O4/c1-2-3-10(16-5-4-15-9-16)6-13(19)17-8-11(18)7-12(17)14(20)21/h4-5,9-12,18H,2-3,6-8H2,1H3,(H,20,21)/t10?,11-,12-/m1/s1. The van der Waals surface area contributed by atoms with E-state index in [0.717, 1.165) is 12.8 Å². The Morgan fingerprint density at radius 3 is 2.81 bits per heavy atom. The van der Waals surface area contributed by atoms with Crippen molar-refractivity contribution in [3.8, 4) is 0 Å². The molecule has 0 radical (unpaired) electrons. The fourth-order valence-corrected chi connectivity index (χ4v) is 2.82. The number of hydrogen-bond donors (Lipinski definition) is 2. The Morgan fingerprint density at radius 2 is 2.24 bits per heavy atom. The molecule has 1 aromatic rings. The minimum atomic E-state index is -1.06. The summed E-state index contributed by atoms with van der Waals surface area (Å²) in [5, 5.41) is 18.8. The van der Waals surface area contributed by atoms with E-state index in [-0.39, 0.29) is 31.3 Å². The number of amides is 1. The van der Waals surface area contributed by atoms with E-state index < -0.39 is 18.1 Å². The number of aliphatic hydroxyl groups excluding tert-OH is 1. The Kier molecular flexibility index (Phi) is 4.95. The first-order valence-electron chi connectivity index (χ1n) is 7.20. The minimum Gasteiger partial charge on any atom is -0.480 e. The topological polar surface area (TPSA) is 95.7 Å². The summed E-state index contributed by atoms with van der Waals surface area (Å²) in [6, 6.07) is -0.949. The van der Waals surface area contributed by atoms with Gasteiger partial charge in [-0.1, -0.05) is 13.3 Å². The lowest BCUT2D eigenvalue weighted by molar-refractivity contribution is -0.148. The highest BCUT2D eigenvalue weighted by Gasteiger charge is 2.39. The van der Waals surface area contributed by atoms with E-state index in [1.54, 1.807) is 18.7 Å². The van der Waals surface area contributed by atoms with Gasteiger partial charge in [0.2, 0.25) is 5.91 Å². The third-order valence-corrected chi connectivity index (χ3v) is 3.86. The second-order valence-corrected chi connectivity index (χ2v) is 5.45. The molecule has 1 aliphatic heterocycles. The van der Waals surface area contributed by atoms with Crippen molar-refractivity contribution in [1.82, 2.24) is 14.5 Å². The first-order valence-corrected chi connectivity index (χ1v) is 7.20. The van der Waals surface area contributed by atoms with E-state index in [4.69, 9.17) is 5.11 Å². The van der Waals surface area contributed by atoms with E-state index >= 15 is 0 Å². The molecule has 3 atom stereocenters. The maximum atomic E-state index is 12.4. The first kappa shape index (κ1) is 15.5. The van der Waals surface area contributed by atoms with Crippen molar-refractivity contribution in [2.24, 2.45) is 0 Å². The van der Waals surface area contributed by atoms with Gasteiger partial charge >= 0.3 is 5.97 Å². The molecule has 1 amide bonds. The van der Waals surface area contributed by atoms with Crippen LogP contribution in [0, 0.1) is 0 Å². The molecule has 0 aliphatic carbocycles. The molecular weight excluding hydrogens is 274 g/mol. The van der Waals surface area contributed by atoms with E-state index in [1.807, 2.05) is 11.5 Å². The molecule has 2 rings (SSSR count). The number of carbonyl (C=O) groups excluding carboxylic acids is 1. The Morgan fingerprint density at radius 1 is 1.48 bits per heavy atom. The Balaban J connectivity index is 2.06. The van der Waals surface area contributed by atoms with Gasteiger partial charge in [0.15, 0.2) is 0 Å². The molecule has 1 saturated heterocycles. The van der Waals surface area contributed by atoms with Gasteiger partial charge in [0.25, 0.3) is 0 Å². The van der Waals surface area contributed by atoms with Crippen molar-refractivity contribution in [2.75, 3.05) is 6.54 Å². The highest BCUT2D eigenvalue weighted by molar-refractivity contribution is 5.84. The maximum Gasteiger partial charge on any atom is 0.326 e.